The highest BCUT2D eigenvalue weighted by Crippen LogP contribution is 2.21. The lowest BCUT2D eigenvalue weighted by molar-refractivity contribution is -0.107. The molecule has 0 N–H and O–H groups in total. The standard InChI is InChI=1S/C27H52O2S/c1-2-24-30-27(25-28)22-18-13-11-9-7-5-3-4-6-8-10-12-14-19-23-29-26-20-16-15-17-21-26/h25-27H,2-24H2,1H3. The molecule has 2 nitrogen and oxygen atoms in total. The van der Waals surface area contributed by atoms with Crippen molar-refractivity contribution in [1.29, 1.82) is 0 Å². The van der Waals surface area contributed by atoms with E-state index in [0.717, 1.165) is 25.1 Å². The second kappa shape index (κ2) is 22.2. The van der Waals surface area contributed by atoms with Gasteiger partial charge in [0.15, 0.2) is 0 Å². The van der Waals surface area contributed by atoms with Gasteiger partial charge in [-0.2, -0.15) is 11.8 Å². The summed E-state index contributed by atoms with van der Waals surface area (Å²) in [4.78, 5) is 11.0. The van der Waals surface area contributed by atoms with E-state index in [-0.39, 0.29) is 5.25 Å². The molecule has 1 aliphatic rings. The fraction of sp³-hybridized carbons (Fsp3) is 0.963. The van der Waals surface area contributed by atoms with E-state index in [1.54, 1.807) is 0 Å². The molecule has 178 valence electrons. The number of hydrogen-bond acceptors (Lipinski definition) is 3. The summed E-state index contributed by atoms with van der Waals surface area (Å²) >= 11 is 1.84. The summed E-state index contributed by atoms with van der Waals surface area (Å²) < 4.78 is 6.01. The molecule has 3 heteroatoms. The Morgan fingerprint density at radius 1 is 0.767 bits per heavy atom. The number of ether oxygens (including phenoxy) is 1. The van der Waals surface area contributed by atoms with Crippen LogP contribution in [-0.4, -0.2) is 30.0 Å². The Morgan fingerprint density at radius 3 is 1.77 bits per heavy atom. The Labute approximate surface area is 193 Å². The smallest absolute Gasteiger partial charge is 0.132 e. The van der Waals surface area contributed by atoms with Crippen LogP contribution in [0.3, 0.4) is 0 Å². The van der Waals surface area contributed by atoms with Crippen molar-refractivity contribution >= 4 is 18.0 Å². The minimum atomic E-state index is 0.250. The lowest BCUT2D eigenvalue weighted by atomic mass is 9.98. The van der Waals surface area contributed by atoms with Crippen LogP contribution in [0.1, 0.15) is 142 Å². The van der Waals surface area contributed by atoms with Crippen molar-refractivity contribution in [1.82, 2.24) is 0 Å². The van der Waals surface area contributed by atoms with Crippen molar-refractivity contribution in [2.24, 2.45) is 0 Å². The first-order valence-electron chi connectivity index (χ1n) is 13.5. The highest BCUT2D eigenvalue weighted by atomic mass is 32.2. The molecule has 0 saturated heterocycles. The van der Waals surface area contributed by atoms with Crippen LogP contribution in [0.4, 0.5) is 0 Å². The number of thioether (sulfide) groups is 1. The molecule has 1 fully saturated rings. The maximum Gasteiger partial charge on any atom is 0.132 e. The molecule has 1 saturated carbocycles. The number of carbonyl (C=O) groups excluding carboxylic acids is 1. The maximum absolute atomic E-state index is 11.0. The third-order valence-corrected chi connectivity index (χ3v) is 7.90. The van der Waals surface area contributed by atoms with Gasteiger partial charge in [-0.3, -0.25) is 0 Å². The topological polar surface area (TPSA) is 26.3 Å². The highest BCUT2D eigenvalue weighted by molar-refractivity contribution is 8.00. The normalized spacial score (nSPS) is 16.0. The van der Waals surface area contributed by atoms with Gasteiger partial charge in [-0.05, 0) is 37.9 Å². The number of hydrogen-bond donors (Lipinski definition) is 0. The average Bonchev–Trinajstić information content (AvgIpc) is 2.78. The fourth-order valence-electron chi connectivity index (χ4n) is 4.51. The molecule has 0 amide bonds. The van der Waals surface area contributed by atoms with Crippen LogP contribution in [0.5, 0.6) is 0 Å². The monoisotopic (exact) mass is 440 g/mol. The van der Waals surface area contributed by atoms with E-state index in [1.165, 1.54) is 128 Å². The summed E-state index contributed by atoms with van der Waals surface area (Å²) in [6, 6.07) is 0. The van der Waals surface area contributed by atoms with Gasteiger partial charge in [0.05, 0.1) is 11.4 Å². The van der Waals surface area contributed by atoms with E-state index in [0.29, 0.717) is 6.10 Å². The molecule has 1 atom stereocenters. The van der Waals surface area contributed by atoms with Crippen LogP contribution in [0.25, 0.3) is 0 Å². The van der Waals surface area contributed by atoms with Gasteiger partial charge in [0.1, 0.15) is 6.29 Å². The van der Waals surface area contributed by atoms with Gasteiger partial charge in [0.25, 0.3) is 0 Å². The summed E-state index contributed by atoms with van der Waals surface area (Å²) in [7, 11) is 0. The Bertz CT molecular complexity index is 355. The minimum absolute atomic E-state index is 0.250. The van der Waals surface area contributed by atoms with Crippen molar-refractivity contribution < 1.29 is 9.53 Å². The van der Waals surface area contributed by atoms with E-state index >= 15 is 0 Å². The van der Waals surface area contributed by atoms with Gasteiger partial charge < -0.3 is 9.53 Å². The Morgan fingerprint density at radius 2 is 1.27 bits per heavy atom. The highest BCUT2D eigenvalue weighted by Gasteiger charge is 2.12. The molecule has 0 aromatic rings. The maximum atomic E-state index is 11.0. The predicted octanol–water partition coefficient (Wildman–Crippen LogP) is 8.90. The van der Waals surface area contributed by atoms with Crippen LogP contribution in [0.2, 0.25) is 0 Å². The molecule has 0 spiro atoms. The SMILES string of the molecule is CCCSC(C=O)CCCCCCCCCCCCCCCCOC1CCCCC1. The number of unbranched alkanes of at least 4 members (excludes halogenated alkanes) is 13. The zero-order valence-electron chi connectivity index (χ0n) is 20.2. The largest absolute Gasteiger partial charge is 0.378 e. The number of carbonyl (C=O) groups is 1. The molecular weight excluding hydrogens is 388 g/mol. The molecule has 30 heavy (non-hydrogen) atoms. The van der Waals surface area contributed by atoms with Gasteiger partial charge in [0, 0.05) is 6.61 Å². The van der Waals surface area contributed by atoms with Crippen LogP contribution in [-0.2, 0) is 9.53 Å². The summed E-state index contributed by atoms with van der Waals surface area (Å²) in [5.41, 5.74) is 0. The molecule has 1 unspecified atom stereocenters. The second-order valence-electron chi connectivity index (χ2n) is 9.41. The molecule has 0 aliphatic heterocycles. The summed E-state index contributed by atoms with van der Waals surface area (Å²) in [6.45, 7) is 3.19. The predicted molar refractivity (Wildman–Crippen MR) is 135 cm³/mol. The molecule has 0 bridgehead atoms. The Kier molecular flexibility index (Phi) is 20.7. The van der Waals surface area contributed by atoms with Crippen molar-refractivity contribution in [2.75, 3.05) is 12.4 Å². The number of aldehydes is 1. The fourth-order valence-corrected chi connectivity index (χ4v) is 5.46. The first-order chi connectivity index (χ1) is 14.9. The van der Waals surface area contributed by atoms with Gasteiger partial charge in [-0.25, -0.2) is 0 Å². The quantitative estimate of drug-likeness (QED) is 0.124. The van der Waals surface area contributed by atoms with Crippen LogP contribution in [0.15, 0.2) is 0 Å². The molecular formula is C27H52O2S. The molecule has 0 heterocycles. The van der Waals surface area contributed by atoms with E-state index < -0.39 is 0 Å². The Balaban J connectivity index is 1.70. The van der Waals surface area contributed by atoms with Crippen molar-refractivity contribution in [3.8, 4) is 0 Å². The summed E-state index contributed by atoms with van der Waals surface area (Å²) in [5, 5.41) is 0.250. The molecule has 0 aromatic heterocycles. The van der Waals surface area contributed by atoms with Crippen molar-refractivity contribution in [2.45, 2.75) is 153 Å². The molecule has 1 aliphatic carbocycles. The van der Waals surface area contributed by atoms with Crippen LogP contribution in [0, 0.1) is 0 Å². The summed E-state index contributed by atoms with van der Waals surface area (Å²) in [6.07, 6.45) is 30.1. The first-order valence-corrected chi connectivity index (χ1v) is 14.6. The molecule has 0 radical (unpaired) electrons. The van der Waals surface area contributed by atoms with Gasteiger partial charge in [0.2, 0.25) is 0 Å². The van der Waals surface area contributed by atoms with Crippen molar-refractivity contribution in [3.63, 3.8) is 0 Å². The molecule has 1 rings (SSSR count). The Hall–Kier alpha value is -0.0200. The zero-order chi connectivity index (χ0) is 21.5. The second-order valence-corrected chi connectivity index (χ2v) is 10.8. The van der Waals surface area contributed by atoms with E-state index in [4.69, 9.17) is 4.74 Å². The third kappa shape index (κ3) is 17.6. The van der Waals surface area contributed by atoms with Gasteiger partial charge in [-0.1, -0.05) is 110 Å². The third-order valence-electron chi connectivity index (χ3n) is 6.48. The van der Waals surface area contributed by atoms with Crippen molar-refractivity contribution in [3.05, 3.63) is 0 Å². The first kappa shape index (κ1) is 28.0. The minimum Gasteiger partial charge on any atom is -0.378 e. The summed E-state index contributed by atoms with van der Waals surface area (Å²) in [5.74, 6) is 1.12. The van der Waals surface area contributed by atoms with E-state index in [2.05, 4.69) is 6.92 Å². The average molecular weight is 441 g/mol. The zero-order valence-corrected chi connectivity index (χ0v) is 21.0. The van der Waals surface area contributed by atoms with E-state index in [1.807, 2.05) is 11.8 Å². The van der Waals surface area contributed by atoms with E-state index in [9.17, 15) is 4.79 Å². The molecule has 0 aromatic carbocycles. The van der Waals surface area contributed by atoms with Crippen LogP contribution >= 0.6 is 11.8 Å². The lowest BCUT2D eigenvalue weighted by Crippen LogP contribution is -2.17. The number of rotatable bonds is 22. The van der Waals surface area contributed by atoms with Gasteiger partial charge in [-0.15, -0.1) is 0 Å². The lowest BCUT2D eigenvalue weighted by Gasteiger charge is -2.21. The van der Waals surface area contributed by atoms with Crippen LogP contribution < -0.4 is 0 Å². The van der Waals surface area contributed by atoms with Gasteiger partial charge >= 0.3 is 0 Å².